The lowest BCUT2D eigenvalue weighted by atomic mass is 10.1. The molecule has 0 aromatic heterocycles. The molecule has 6 nitrogen and oxygen atoms in total. The lowest BCUT2D eigenvalue weighted by Crippen LogP contribution is -2.31. The number of hydrogen-bond acceptors (Lipinski definition) is 5. The average molecular weight is 407 g/mol. The maximum absolute atomic E-state index is 12.1. The smallest absolute Gasteiger partial charge is 0.408 e. The Hall–Kier alpha value is -3.51. The van der Waals surface area contributed by atoms with E-state index in [4.69, 9.17) is 14.2 Å². The highest BCUT2D eigenvalue weighted by atomic mass is 16.5. The molecule has 1 atom stereocenters. The Morgan fingerprint density at radius 2 is 1.53 bits per heavy atom. The monoisotopic (exact) mass is 407 g/mol. The number of carbonyl (C=O) groups excluding carboxylic acids is 1. The third kappa shape index (κ3) is 5.99. The van der Waals surface area contributed by atoms with Gasteiger partial charge in [0.25, 0.3) is 0 Å². The van der Waals surface area contributed by atoms with Crippen molar-refractivity contribution < 1.29 is 24.1 Å². The Morgan fingerprint density at radius 3 is 2.13 bits per heavy atom. The molecular formula is C24H25NO5. The summed E-state index contributed by atoms with van der Waals surface area (Å²) in [7, 11) is 1.55. The van der Waals surface area contributed by atoms with Crippen molar-refractivity contribution in [2.75, 3.05) is 13.7 Å². The van der Waals surface area contributed by atoms with Gasteiger partial charge in [-0.2, -0.15) is 0 Å². The van der Waals surface area contributed by atoms with Crippen LogP contribution >= 0.6 is 0 Å². The molecule has 2 N–H and O–H groups in total. The van der Waals surface area contributed by atoms with E-state index in [9.17, 15) is 9.90 Å². The summed E-state index contributed by atoms with van der Waals surface area (Å²) in [6.45, 7) is 0.276. The standard InChI is InChI=1S/C24H25NO5/c1-28-23-14-20(12-13-22(23)29-16-18-8-4-2-5-9-18)21(15-26)25-24(27)30-17-19-10-6-3-7-11-19/h2-14,21,26H,15-17H2,1H3,(H,25,27). The van der Waals surface area contributed by atoms with Crippen LogP contribution in [0.5, 0.6) is 11.5 Å². The van der Waals surface area contributed by atoms with Crippen LogP contribution in [-0.2, 0) is 18.0 Å². The summed E-state index contributed by atoms with van der Waals surface area (Å²) in [5.41, 5.74) is 2.60. The van der Waals surface area contributed by atoms with Crippen LogP contribution in [0.15, 0.2) is 78.9 Å². The lowest BCUT2D eigenvalue weighted by molar-refractivity contribution is 0.129. The summed E-state index contributed by atoms with van der Waals surface area (Å²) in [6, 6.07) is 23.8. The van der Waals surface area contributed by atoms with E-state index in [1.807, 2.05) is 60.7 Å². The minimum absolute atomic E-state index is 0.153. The van der Waals surface area contributed by atoms with Gasteiger partial charge in [-0.25, -0.2) is 4.79 Å². The van der Waals surface area contributed by atoms with Crippen LogP contribution in [0.2, 0.25) is 0 Å². The minimum Gasteiger partial charge on any atom is -0.493 e. The number of alkyl carbamates (subject to hydrolysis) is 1. The van der Waals surface area contributed by atoms with E-state index in [0.717, 1.165) is 11.1 Å². The van der Waals surface area contributed by atoms with E-state index >= 15 is 0 Å². The molecule has 0 saturated heterocycles. The van der Waals surface area contributed by atoms with Crippen molar-refractivity contribution >= 4 is 6.09 Å². The first-order valence-corrected chi connectivity index (χ1v) is 9.62. The molecular weight excluding hydrogens is 382 g/mol. The maximum atomic E-state index is 12.1. The van der Waals surface area contributed by atoms with E-state index in [1.54, 1.807) is 25.3 Å². The summed E-state index contributed by atoms with van der Waals surface area (Å²) < 4.78 is 16.5. The summed E-state index contributed by atoms with van der Waals surface area (Å²) in [5.74, 6) is 1.09. The van der Waals surface area contributed by atoms with Crippen LogP contribution < -0.4 is 14.8 Å². The Kier molecular flexibility index (Phi) is 7.69. The van der Waals surface area contributed by atoms with Gasteiger partial charge in [0.15, 0.2) is 11.5 Å². The fourth-order valence-electron chi connectivity index (χ4n) is 2.90. The van der Waals surface area contributed by atoms with Crippen LogP contribution in [-0.4, -0.2) is 24.9 Å². The van der Waals surface area contributed by atoms with E-state index < -0.39 is 12.1 Å². The second-order valence-corrected chi connectivity index (χ2v) is 6.63. The number of aliphatic hydroxyl groups is 1. The van der Waals surface area contributed by atoms with Crippen LogP contribution in [0.3, 0.4) is 0 Å². The molecule has 3 aromatic rings. The van der Waals surface area contributed by atoms with Gasteiger partial charge in [0, 0.05) is 0 Å². The zero-order chi connectivity index (χ0) is 21.2. The van der Waals surface area contributed by atoms with Gasteiger partial charge in [-0.15, -0.1) is 0 Å². The first-order valence-electron chi connectivity index (χ1n) is 9.62. The SMILES string of the molecule is COc1cc(C(CO)NC(=O)OCc2ccccc2)ccc1OCc1ccccc1. The maximum Gasteiger partial charge on any atom is 0.408 e. The number of rotatable bonds is 9. The molecule has 3 rings (SSSR count). The normalized spacial score (nSPS) is 11.4. The number of amides is 1. The summed E-state index contributed by atoms with van der Waals surface area (Å²) in [5, 5.41) is 12.4. The van der Waals surface area contributed by atoms with Crippen LogP contribution in [0.1, 0.15) is 22.7 Å². The Morgan fingerprint density at radius 1 is 0.900 bits per heavy atom. The quantitative estimate of drug-likeness (QED) is 0.555. The first kappa shape index (κ1) is 21.2. The predicted molar refractivity (Wildman–Crippen MR) is 113 cm³/mol. The zero-order valence-electron chi connectivity index (χ0n) is 16.8. The van der Waals surface area contributed by atoms with Gasteiger partial charge < -0.3 is 24.6 Å². The van der Waals surface area contributed by atoms with Gasteiger partial charge in [-0.1, -0.05) is 66.7 Å². The van der Waals surface area contributed by atoms with Gasteiger partial charge in [0.05, 0.1) is 19.8 Å². The highest BCUT2D eigenvalue weighted by Gasteiger charge is 2.17. The average Bonchev–Trinajstić information content (AvgIpc) is 2.81. The molecule has 30 heavy (non-hydrogen) atoms. The van der Waals surface area contributed by atoms with Gasteiger partial charge in [0.2, 0.25) is 0 Å². The molecule has 6 heteroatoms. The van der Waals surface area contributed by atoms with E-state index in [1.165, 1.54) is 0 Å². The highest BCUT2D eigenvalue weighted by Crippen LogP contribution is 2.31. The van der Waals surface area contributed by atoms with E-state index in [0.29, 0.717) is 23.7 Å². The number of benzene rings is 3. The summed E-state index contributed by atoms with van der Waals surface area (Å²) in [6.07, 6.45) is -0.610. The number of aliphatic hydroxyl groups excluding tert-OH is 1. The number of hydrogen-bond donors (Lipinski definition) is 2. The van der Waals surface area contributed by atoms with Gasteiger partial charge in [-0.05, 0) is 28.8 Å². The molecule has 0 aliphatic rings. The van der Waals surface area contributed by atoms with E-state index in [-0.39, 0.29) is 13.2 Å². The molecule has 1 amide bonds. The number of methoxy groups -OCH3 is 1. The van der Waals surface area contributed by atoms with Crippen molar-refractivity contribution in [1.82, 2.24) is 5.32 Å². The third-order valence-electron chi connectivity index (χ3n) is 4.51. The number of nitrogens with one attached hydrogen (secondary N) is 1. The molecule has 0 saturated carbocycles. The Balaban J connectivity index is 1.61. The van der Waals surface area contributed by atoms with Crippen LogP contribution in [0.4, 0.5) is 4.79 Å². The summed E-state index contributed by atoms with van der Waals surface area (Å²) in [4.78, 5) is 12.1. The van der Waals surface area contributed by atoms with Crippen LogP contribution in [0, 0.1) is 0 Å². The zero-order valence-corrected chi connectivity index (χ0v) is 16.8. The molecule has 0 spiro atoms. The van der Waals surface area contributed by atoms with Crippen molar-refractivity contribution in [3.63, 3.8) is 0 Å². The van der Waals surface area contributed by atoms with E-state index in [2.05, 4.69) is 5.32 Å². The first-order chi connectivity index (χ1) is 14.7. The lowest BCUT2D eigenvalue weighted by Gasteiger charge is -2.19. The molecule has 0 aliphatic carbocycles. The molecule has 156 valence electrons. The fraction of sp³-hybridized carbons (Fsp3) is 0.208. The molecule has 3 aromatic carbocycles. The third-order valence-corrected chi connectivity index (χ3v) is 4.51. The highest BCUT2D eigenvalue weighted by molar-refractivity contribution is 5.68. The Labute approximate surface area is 176 Å². The molecule has 0 fully saturated rings. The van der Waals surface area contributed by atoms with Crippen molar-refractivity contribution in [3.8, 4) is 11.5 Å². The van der Waals surface area contributed by atoms with Crippen molar-refractivity contribution in [1.29, 1.82) is 0 Å². The predicted octanol–water partition coefficient (Wildman–Crippen LogP) is 4.23. The van der Waals surface area contributed by atoms with Crippen molar-refractivity contribution in [3.05, 3.63) is 95.6 Å². The van der Waals surface area contributed by atoms with Crippen molar-refractivity contribution in [2.24, 2.45) is 0 Å². The fourth-order valence-corrected chi connectivity index (χ4v) is 2.90. The van der Waals surface area contributed by atoms with Crippen LogP contribution in [0.25, 0.3) is 0 Å². The number of carbonyl (C=O) groups is 1. The second-order valence-electron chi connectivity index (χ2n) is 6.63. The second kappa shape index (κ2) is 10.9. The molecule has 0 radical (unpaired) electrons. The molecule has 1 unspecified atom stereocenters. The topological polar surface area (TPSA) is 77.0 Å². The van der Waals surface area contributed by atoms with Gasteiger partial charge in [-0.3, -0.25) is 0 Å². The van der Waals surface area contributed by atoms with Crippen molar-refractivity contribution in [2.45, 2.75) is 19.3 Å². The van der Waals surface area contributed by atoms with Gasteiger partial charge >= 0.3 is 6.09 Å². The largest absolute Gasteiger partial charge is 0.493 e. The van der Waals surface area contributed by atoms with Gasteiger partial charge in [0.1, 0.15) is 13.2 Å². The molecule has 0 heterocycles. The number of ether oxygens (including phenoxy) is 3. The molecule has 0 bridgehead atoms. The summed E-state index contributed by atoms with van der Waals surface area (Å²) >= 11 is 0. The minimum atomic E-state index is -0.634. The Bertz CT molecular complexity index is 931. The molecule has 0 aliphatic heterocycles.